The second-order valence-electron chi connectivity index (χ2n) is 5.52. The van der Waals surface area contributed by atoms with Crippen LogP contribution in [0.15, 0.2) is 67.0 Å². The van der Waals surface area contributed by atoms with Crippen LogP contribution in [0.4, 0.5) is 4.39 Å². The van der Waals surface area contributed by atoms with Crippen molar-refractivity contribution in [2.45, 2.75) is 12.8 Å². The first kappa shape index (κ1) is 15.9. The average molecular weight is 323 g/mol. The number of halogens is 1. The summed E-state index contributed by atoms with van der Waals surface area (Å²) >= 11 is 0. The molecule has 0 aliphatic rings. The number of amides is 1. The highest BCUT2D eigenvalue weighted by molar-refractivity contribution is 5.78. The van der Waals surface area contributed by atoms with Crippen molar-refractivity contribution in [3.05, 3.63) is 83.9 Å². The number of benzene rings is 2. The molecular formula is C19H18FN3O. The van der Waals surface area contributed by atoms with Crippen LogP contribution >= 0.6 is 0 Å². The largest absolute Gasteiger partial charge is 0.355 e. The normalized spacial score (nSPS) is 10.5. The Hall–Kier alpha value is -2.95. The van der Waals surface area contributed by atoms with Gasteiger partial charge in [0.05, 0.1) is 12.1 Å². The van der Waals surface area contributed by atoms with Gasteiger partial charge in [0, 0.05) is 18.9 Å². The highest BCUT2D eigenvalue weighted by atomic mass is 19.1. The van der Waals surface area contributed by atoms with Crippen LogP contribution in [-0.4, -0.2) is 22.2 Å². The molecule has 122 valence electrons. The molecule has 5 heteroatoms. The maximum atomic E-state index is 13.1. The zero-order valence-corrected chi connectivity index (χ0v) is 13.2. The van der Waals surface area contributed by atoms with Gasteiger partial charge in [-0.05, 0) is 47.9 Å². The summed E-state index contributed by atoms with van der Waals surface area (Å²) in [6.07, 6.45) is 4.53. The third kappa shape index (κ3) is 4.29. The summed E-state index contributed by atoms with van der Waals surface area (Å²) in [7, 11) is 0. The van der Waals surface area contributed by atoms with Gasteiger partial charge in [-0.15, -0.1) is 0 Å². The van der Waals surface area contributed by atoms with Crippen LogP contribution in [0.5, 0.6) is 0 Å². The standard InChI is InChI=1S/C19H18FN3O/c20-17-4-1-3-15(13-17)9-11-21-19(24)14-16-5-7-18(8-6-16)23-12-2-10-22-23/h1-8,10,12-13H,9,11,14H2,(H,21,24). The monoisotopic (exact) mass is 323 g/mol. The van der Waals surface area contributed by atoms with Gasteiger partial charge < -0.3 is 5.32 Å². The topological polar surface area (TPSA) is 46.9 Å². The van der Waals surface area contributed by atoms with Crippen LogP contribution in [0.3, 0.4) is 0 Å². The Morgan fingerprint density at radius 1 is 1.08 bits per heavy atom. The minimum absolute atomic E-state index is 0.0433. The van der Waals surface area contributed by atoms with E-state index in [9.17, 15) is 9.18 Å². The summed E-state index contributed by atoms with van der Waals surface area (Å²) in [4.78, 5) is 12.0. The molecule has 0 atom stereocenters. The number of nitrogens with zero attached hydrogens (tertiary/aromatic N) is 2. The van der Waals surface area contributed by atoms with E-state index in [-0.39, 0.29) is 11.7 Å². The third-order valence-electron chi connectivity index (χ3n) is 3.69. The van der Waals surface area contributed by atoms with E-state index in [1.54, 1.807) is 16.9 Å². The Morgan fingerprint density at radius 2 is 1.92 bits per heavy atom. The summed E-state index contributed by atoms with van der Waals surface area (Å²) in [5, 5.41) is 7.03. The molecule has 0 saturated heterocycles. The van der Waals surface area contributed by atoms with Crippen LogP contribution in [0.1, 0.15) is 11.1 Å². The molecule has 3 rings (SSSR count). The molecule has 0 fully saturated rings. The van der Waals surface area contributed by atoms with Crippen molar-refractivity contribution in [2.75, 3.05) is 6.54 Å². The van der Waals surface area contributed by atoms with E-state index in [2.05, 4.69) is 10.4 Å². The lowest BCUT2D eigenvalue weighted by molar-refractivity contribution is -0.120. The Kier molecular flexibility index (Phi) is 5.01. The number of carbonyl (C=O) groups is 1. The van der Waals surface area contributed by atoms with Gasteiger partial charge in [-0.2, -0.15) is 5.10 Å². The van der Waals surface area contributed by atoms with E-state index in [1.807, 2.05) is 42.6 Å². The van der Waals surface area contributed by atoms with Gasteiger partial charge in [0.25, 0.3) is 0 Å². The van der Waals surface area contributed by atoms with Gasteiger partial charge in [-0.3, -0.25) is 4.79 Å². The molecule has 0 unspecified atom stereocenters. The molecular weight excluding hydrogens is 305 g/mol. The maximum absolute atomic E-state index is 13.1. The smallest absolute Gasteiger partial charge is 0.224 e. The Labute approximate surface area is 139 Å². The molecule has 0 aliphatic heterocycles. The first-order chi connectivity index (χ1) is 11.7. The zero-order valence-electron chi connectivity index (χ0n) is 13.2. The predicted molar refractivity (Wildman–Crippen MR) is 90.4 cm³/mol. The van der Waals surface area contributed by atoms with Crippen LogP contribution in [0.25, 0.3) is 5.69 Å². The fourth-order valence-electron chi connectivity index (χ4n) is 2.47. The van der Waals surface area contributed by atoms with E-state index in [0.717, 1.165) is 16.8 Å². The molecule has 2 aromatic carbocycles. The molecule has 1 heterocycles. The fraction of sp³-hybridized carbons (Fsp3) is 0.158. The number of nitrogens with one attached hydrogen (secondary N) is 1. The molecule has 1 aromatic heterocycles. The summed E-state index contributed by atoms with van der Waals surface area (Å²) in [6, 6.07) is 16.0. The van der Waals surface area contributed by atoms with Crippen LogP contribution < -0.4 is 5.32 Å². The summed E-state index contributed by atoms with van der Waals surface area (Å²) < 4.78 is 14.8. The average Bonchev–Trinajstić information content (AvgIpc) is 3.10. The molecule has 3 aromatic rings. The van der Waals surface area contributed by atoms with Crippen molar-refractivity contribution in [1.29, 1.82) is 0 Å². The predicted octanol–water partition coefficient (Wildman–Crippen LogP) is 2.91. The van der Waals surface area contributed by atoms with Crippen molar-refractivity contribution < 1.29 is 9.18 Å². The molecule has 24 heavy (non-hydrogen) atoms. The highest BCUT2D eigenvalue weighted by Crippen LogP contribution is 2.09. The Morgan fingerprint density at radius 3 is 2.62 bits per heavy atom. The van der Waals surface area contributed by atoms with E-state index >= 15 is 0 Å². The molecule has 0 radical (unpaired) electrons. The van der Waals surface area contributed by atoms with Crippen molar-refractivity contribution in [2.24, 2.45) is 0 Å². The summed E-state index contributed by atoms with van der Waals surface area (Å²) in [5.74, 6) is -0.297. The minimum Gasteiger partial charge on any atom is -0.355 e. The fourth-order valence-corrected chi connectivity index (χ4v) is 2.47. The van der Waals surface area contributed by atoms with Gasteiger partial charge in [-0.1, -0.05) is 24.3 Å². The SMILES string of the molecule is O=C(Cc1ccc(-n2cccn2)cc1)NCCc1cccc(F)c1. The summed E-state index contributed by atoms with van der Waals surface area (Å²) in [5.41, 5.74) is 2.77. The molecule has 0 bridgehead atoms. The van der Waals surface area contributed by atoms with Crippen molar-refractivity contribution >= 4 is 5.91 Å². The van der Waals surface area contributed by atoms with E-state index in [0.29, 0.717) is 19.4 Å². The van der Waals surface area contributed by atoms with Gasteiger partial charge in [0.1, 0.15) is 5.82 Å². The number of rotatable bonds is 6. The zero-order chi connectivity index (χ0) is 16.8. The highest BCUT2D eigenvalue weighted by Gasteiger charge is 2.04. The van der Waals surface area contributed by atoms with Gasteiger partial charge in [-0.25, -0.2) is 9.07 Å². The lowest BCUT2D eigenvalue weighted by Gasteiger charge is -2.07. The second-order valence-corrected chi connectivity index (χ2v) is 5.52. The van der Waals surface area contributed by atoms with Crippen LogP contribution in [0.2, 0.25) is 0 Å². The Bertz CT molecular complexity index is 798. The summed E-state index contributed by atoms with van der Waals surface area (Å²) in [6.45, 7) is 0.494. The first-order valence-electron chi connectivity index (χ1n) is 7.81. The number of hydrogen-bond donors (Lipinski definition) is 1. The lowest BCUT2D eigenvalue weighted by atomic mass is 10.1. The maximum Gasteiger partial charge on any atom is 0.224 e. The van der Waals surface area contributed by atoms with Gasteiger partial charge >= 0.3 is 0 Å². The minimum atomic E-state index is -0.254. The molecule has 1 amide bonds. The van der Waals surface area contributed by atoms with Gasteiger partial charge in [0.2, 0.25) is 5.91 Å². The number of hydrogen-bond acceptors (Lipinski definition) is 2. The Balaban J connectivity index is 1.48. The van der Waals surface area contributed by atoms with Crippen LogP contribution in [0, 0.1) is 5.82 Å². The van der Waals surface area contributed by atoms with Crippen molar-refractivity contribution in [3.8, 4) is 5.69 Å². The first-order valence-corrected chi connectivity index (χ1v) is 7.81. The van der Waals surface area contributed by atoms with Crippen LogP contribution in [-0.2, 0) is 17.6 Å². The lowest BCUT2D eigenvalue weighted by Crippen LogP contribution is -2.27. The van der Waals surface area contributed by atoms with Crippen molar-refractivity contribution in [1.82, 2.24) is 15.1 Å². The molecule has 4 nitrogen and oxygen atoms in total. The van der Waals surface area contributed by atoms with Crippen molar-refractivity contribution in [3.63, 3.8) is 0 Å². The molecule has 0 aliphatic carbocycles. The van der Waals surface area contributed by atoms with E-state index in [1.165, 1.54) is 12.1 Å². The van der Waals surface area contributed by atoms with E-state index < -0.39 is 0 Å². The van der Waals surface area contributed by atoms with E-state index in [4.69, 9.17) is 0 Å². The number of aromatic nitrogens is 2. The second kappa shape index (κ2) is 7.55. The number of carbonyl (C=O) groups excluding carboxylic acids is 1. The molecule has 0 spiro atoms. The quantitative estimate of drug-likeness (QED) is 0.758. The molecule has 1 N–H and O–H groups in total. The third-order valence-corrected chi connectivity index (χ3v) is 3.69. The van der Waals surface area contributed by atoms with Gasteiger partial charge in [0.15, 0.2) is 0 Å². The molecule has 0 saturated carbocycles.